The smallest absolute Gasteiger partial charge is 0.253 e. The topological polar surface area (TPSA) is 65.5 Å². The van der Waals surface area contributed by atoms with Crippen molar-refractivity contribution >= 4 is 40.3 Å². The van der Waals surface area contributed by atoms with Crippen molar-refractivity contribution in [2.24, 2.45) is 4.99 Å². The Balaban J connectivity index is 1.70. The first-order chi connectivity index (χ1) is 14.9. The molecule has 0 bridgehead atoms. The third-order valence-corrected chi connectivity index (χ3v) is 6.66. The third kappa shape index (κ3) is 4.37. The number of hydrogen-bond donors (Lipinski definition) is 0. The molecule has 1 saturated heterocycles. The molecule has 0 spiro atoms. The van der Waals surface area contributed by atoms with Gasteiger partial charge in [-0.3, -0.25) is 9.59 Å². The molecular formula is C22H25ClN4O3S. The fourth-order valence-electron chi connectivity index (χ4n) is 3.92. The van der Waals surface area contributed by atoms with E-state index < -0.39 is 0 Å². The number of allylic oxidation sites excluding steroid dienone is 1. The largest absolute Gasteiger partial charge is 0.378 e. The summed E-state index contributed by atoms with van der Waals surface area (Å²) in [6.07, 6.45) is 0.249. The molecule has 0 N–H and O–H groups in total. The van der Waals surface area contributed by atoms with Gasteiger partial charge < -0.3 is 19.4 Å². The Bertz CT molecular complexity index is 981. The van der Waals surface area contributed by atoms with E-state index in [9.17, 15) is 9.59 Å². The molecule has 31 heavy (non-hydrogen) atoms. The van der Waals surface area contributed by atoms with Gasteiger partial charge in [0.1, 0.15) is 0 Å². The van der Waals surface area contributed by atoms with Crippen LogP contribution in [-0.4, -0.2) is 72.1 Å². The van der Waals surface area contributed by atoms with Crippen LogP contribution in [0.25, 0.3) is 0 Å². The van der Waals surface area contributed by atoms with Crippen LogP contribution in [0, 0.1) is 0 Å². The number of thioether (sulfide) groups is 1. The Hall–Kier alpha value is -2.29. The number of hydrogen-bond acceptors (Lipinski definition) is 6. The highest BCUT2D eigenvalue weighted by molar-refractivity contribution is 8.16. The molecule has 1 aromatic carbocycles. The van der Waals surface area contributed by atoms with Gasteiger partial charge in [-0.15, -0.1) is 0 Å². The highest BCUT2D eigenvalue weighted by Gasteiger charge is 2.41. The van der Waals surface area contributed by atoms with Gasteiger partial charge in [-0.2, -0.15) is 0 Å². The summed E-state index contributed by atoms with van der Waals surface area (Å²) in [5.74, 6) is -0.0472. The molecule has 3 aliphatic rings. The number of carbonyl (C=O) groups excluding carboxylic acids is 2. The van der Waals surface area contributed by atoms with Crippen LogP contribution in [0.4, 0.5) is 0 Å². The first-order valence-electron chi connectivity index (χ1n) is 10.1. The summed E-state index contributed by atoms with van der Waals surface area (Å²) in [4.78, 5) is 36.2. The summed E-state index contributed by atoms with van der Waals surface area (Å²) in [6.45, 7) is 4.19. The fraction of sp³-hybridized carbons (Fsp3) is 0.409. The van der Waals surface area contributed by atoms with E-state index in [2.05, 4.69) is 0 Å². The number of fused-ring (bicyclic) bond motifs is 1. The zero-order valence-corrected chi connectivity index (χ0v) is 19.4. The van der Waals surface area contributed by atoms with Gasteiger partial charge in [0.05, 0.1) is 36.9 Å². The Morgan fingerprint density at radius 3 is 2.55 bits per heavy atom. The number of carbonyl (C=O) groups is 2. The first-order valence-corrected chi connectivity index (χ1v) is 11.4. The zero-order chi connectivity index (χ0) is 22.1. The van der Waals surface area contributed by atoms with Crippen LogP contribution >= 0.6 is 23.4 Å². The van der Waals surface area contributed by atoms with Crippen molar-refractivity contribution in [1.82, 2.24) is 14.7 Å². The van der Waals surface area contributed by atoms with Crippen LogP contribution in [0.5, 0.6) is 0 Å². The van der Waals surface area contributed by atoms with Gasteiger partial charge in [-0.05, 0) is 30.0 Å². The van der Waals surface area contributed by atoms with E-state index in [-0.39, 0.29) is 24.3 Å². The van der Waals surface area contributed by atoms with Gasteiger partial charge in [0.15, 0.2) is 5.17 Å². The predicted octanol–water partition coefficient (Wildman–Crippen LogP) is 3.25. The zero-order valence-electron chi connectivity index (χ0n) is 17.8. The van der Waals surface area contributed by atoms with E-state index in [0.29, 0.717) is 42.6 Å². The molecule has 1 aromatic rings. The SMILES string of the molecule is CC1=C(C(=O)N(C)C)C(c2ccc(Cl)cc2)N2C(CC(=O)N3CCOCC3)=CSC2=N1. The lowest BCUT2D eigenvalue weighted by atomic mass is 9.93. The lowest BCUT2D eigenvalue weighted by molar-refractivity contribution is -0.134. The van der Waals surface area contributed by atoms with Gasteiger partial charge in [-0.25, -0.2) is 4.99 Å². The maximum absolute atomic E-state index is 13.2. The van der Waals surface area contributed by atoms with Crippen molar-refractivity contribution in [3.63, 3.8) is 0 Å². The molecule has 2 amide bonds. The molecule has 0 radical (unpaired) electrons. The molecule has 0 saturated carbocycles. The molecule has 9 heteroatoms. The number of likely N-dealkylation sites (N-methyl/N-ethyl adjacent to an activating group) is 1. The summed E-state index contributed by atoms with van der Waals surface area (Å²) >= 11 is 7.61. The van der Waals surface area contributed by atoms with Crippen molar-refractivity contribution < 1.29 is 14.3 Å². The number of aliphatic imine (C=N–C) groups is 1. The van der Waals surface area contributed by atoms with E-state index in [1.54, 1.807) is 19.0 Å². The molecule has 164 valence electrons. The van der Waals surface area contributed by atoms with Crippen molar-refractivity contribution in [3.05, 3.63) is 57.2 Å². The first kappa shape index (κ1) is 21.9. The van der Waals surface area contributed by atoms with E-state index in [1.165, 1.54) is 11.8 Å². The number of amides is 2. The highest BCUT2D eigenvalue weighted by Crippen LogP contribution is 2.45. The molecule has 3 aliphatic heterocycles. The average molecular weight is 461 g/mol. The van der Waals surface area contributed by atoms with E-state index >= 15 is 0 Å². The van der Waals surface area contributed by atoms with Crippen molar-refractivity contribution in [2.75, 3.05) is 40.4 Å². The van der Waals surface area contributed by atoms with Gasteiger partial charge >= 0.3 is 0 Å². The maximum atomic E-state index is 13.2. The molecule has 7 nitrogen and oxygen atoms in total. The van der Waals surface area contributed by atoms with Crippen LogP contribution < -0.4 is 0 Å². The Labute approximate surface area is 191 Å². The minimum Gasteiger partial charge on any atom is -0.378 e. The Morgan fingerprint density at radius 1 is 1.23 bits per heavy atom. The number of morpholine rings is 1. The Kier molecular flexibility index (Phi) is 6.41. The van der Waals surface area contributed by atoms with Gasteiger partial charge in [0.25, 0.3) is 5.91 Å². The molecule has 4 rings (SSSR count). The lowest BCUT2D eigenvalue weighted by Gasteiger charge is -2.38. The van der Waals surface area contributed by atoms with E-state index in [1.807, 2.05) is 46.4 Å². The second-order valence-corrected chi connectivity index (χ2v) is 9.09. The molecule has 0 aromatic heterocycles. The quantitative estimate of drug-likeness (QED) is 0.690. The number of ether oxygens (including phenoxy) is 1. The molecule has 1 unspecified atom stereocenters. The molecular weight excluding hydrogens is 436 g/mol. The Morgan fingerprint density at radius 2 is 1.90 bits per heavy atom. The van der Waals surface area contributed by atoms with Crippen molar-refractivity contribution in [1.29, 1.82) is 0 Å². The van der Waals surface area contributed by atoms with Crippen molar-refractivity contribution in [2.45, 2.75) is 19.4 Å². The second kappa shape index (κ2) is 9.06. The van der Waals surface area contributed by atoms with E-state index in [4.69, 9.17) is 21.3 Å². The minimum absolute atomic E-state index is 0.0537. The van der Waals surface area contributed by atoms with Crippen LogP contribution in [0.2, 0.25) is 5.02 Å². The third-order valence-electron chi connectivity index (χ3n) is 5.52. The number of rotatable bonds is 4. The number of amidine groups is 1. The molecule has 3 heterocycles. The molecule has 1 fully saturated rings. The minimum atomic E-state index is -0.376. The highest BCUT2D eigenvalue weighted by atomic mass is 35.5. The summed E-state index contributed by atoms with van der Waals surface area (Å²) in [5, 5.41) is 3.37. The summed E-state index contributed by atoms with van der Waals surface area (Å²) < 4.78 is 5.36. The summed E-state index contributed by atoms with van der Waals surface area (Å²) in [5.41, 5.74) is 3.06. The number of halogens is 1. The fourth-order valence-corrected chi connectivity index (χ4v) is 5.01. The normalized spacial score (nSPS) is 21.0. The summed E-state index contributed by atoms with van der Waals surface area (Å²) in [7, 11) is 3.47. The number of benzene rings is 1. The van der Waals surface area contributed by atoms with Crippen LogP contribution in [0.1, 0.15) is 24.9 Å². The van der Waals surface area contributed by atoms with Crippen LogP contribution in [0.15, 0.2) is 51.6 Å². The molecule has 0 aliphatic carbocycles. The van der Waals surface area contributed by atoms with E-state index in [0.717, 1.165) is 16.4 Å². The van der Waals surface area contributed by atoms with Gasteiger partial charge in [-0.1, -0.05) is 35.5 Å². The average Bonchev–Trinajstić information content (AvgIpc) is 3.15. The molecule has 1 atom stereocenters. The van der Waals surface area contributed by atoms with Gasteiger partial charge in [0.2, 0.25) is 5.91 Å². The monoisotopic (exact) mass is 460 g/mol. The summed E-state index contributed by atoms with van der Waals surface area (Å²) in [6, 6.07) is 7.12. The van der Waals surface area contributed by atoms with Crippen LogP contribution in [0.3, 0.4) is 0 Å². The maximum Gasteiger partial charge on any atom is 0.253 e. The van der Waals surface area contributed by atoms with Crippen LogP contribution in [-0.2, 0) is 14.3 Å². The standard InChI is InChI=1S/C22H25ClN4O3S/c1-14-19(21(29)25(2)3)20(15-4-6-16(23)7-5-15)27-17(13-31-22(27)24-14)12-18(28)26-8-10-30-11-9-26/h4-7,13,20H,8-12H2,1-3H3. The number of nitrogens with zero attached hydrogens (tertiary/aromatic N) is 4. The lowest BCUT2D eigenvalue weighted by Crippen LogP contribution is -2.43. The van der Waals surface area contributed by atoms with Crippen molar-refractivity contribution in [3.8, 4) is 0 Å². The second-order valence-electron chi connectivity index (χ2n) is 7.81. The predicted molar refractivity (Wildman–Crippen MR) is 123 cm³/mol. The van der Waals surface area contributed by atoms with Gasteiger partial charge in [0, 0.05) is 37.9 Å².